The van der Waals surface area contributed by atoms with E-state index in [1.54, 1.807) is 6.07 Å². The second kappa shape index (κ2) is 11.3. The van der Waals surface area contributed by atoms with Gasteiger partial charge in [0.15, 0.2) is 0 Å². The van der Waals surface area contributed by atoms with Crippen molar-refractivity contribution in [1.29, 1.82) is 0 Å². The Kier molecular flexibility index (Phi) is 9.03. The van der Waals surface area contributed by atoms with Crippen molar-refractivity contribution in [3.8, 4) is 0 Å². The summed E-state index contributed by atoms with van der Waals surface area (Å²) in [6, 6.07) is 11.0. The Morgan fingerprint density at radius 3 is 2.31 bits per heavy atom. The first-order valence-corrected chi connectivity index (χ1v) is 12.3. The van der Waals surface area contributed by atoms with Gasteiger partial charge in [-0.3, -0.25) is 13.9 Å². The van der Waals surface area contributed by atoms with Crippen LogP contribution < -0.4 is 9.62 Å². The van der Waals surface area contributed by atoms with Gasteiger partial charge in [-0.2, -0.15) is 0 Å². The summed E-state index contributed by atoms with van der Waals surface area (Å²) in [6.45, 7) is 3.09. The topological polar surface area (TPSA) is 86.8 Å². The zero-order chi connectivity index (χ0) is 23.9. The molecule has 2 rings (SSSR count). The van der Waals surface area contributed by atoms with Crippen LogP contribution in [0.4, 0.5) is 10.1 Å². The van der Waals surface area contributed by atoms with Gasteiger partial charge in [-0.25, -0.2) is 12.8 Å². The molecular weight excluding hydrogens is 457 g/mol. The van der Waals surface area contributed by atoms with Gasteiger partial charge in [0.1, 0.15) is 18.4 Å². The minimum absolute atomic E-state index is 0.190. The van der Waals surface area contributed by atoms with Gasteiger partial charge in [-0.1, -0.05) is 36.7 Å². The number of hydrogen-bond acceptors (Lipinski definition) is 4. The number of rotatable bonds is 10. The maximum Gasteiger partial charge on any atom is 0.244 e. The summed E-state index contributed by atoms with van der Waals surface area (Å²) in [5.74, 6) is -1.58. The standard InChI is InChI=1S/C22H27ClFN3O4S/c1-4-13-25-22(29)16(2)26(14-17-7-5-6-8-20(17)24)21(28)15-27(32(3,30)31)19-11-9-18(23)10-12-19/h5-12,16H,4,13-15H2,1-3H3,(H,25,29)/t16-/m0/s1. The van der Waals surface area contributed by atoms with Crippen molar-refractivity contribution in [2.75, 3.05) is 23.7 Å². The second-order valence-corrected chi connectivity index (χ2v) is 9.67. The number of nitrogens with one attached hydrogen (secondary N) is 1. The van der Waals surface area contributed by atoms with E-state index in [0.717, 1.165) is 10.6 Å². The van der Waals surface area contributed by atoms with Crippen LogP contribution in [0.1, 0.15) is 25.8 Å². The van der Waals surface area contributed by atoms with Crippen LogP contribution in [0.2, 0.25) is 5.02 Å². The van der Waals surface area contributed by atoms with Crippen LogP contribution >= 0.6 is 11.6 Å². The number of sulfonamides is 1. The minimum Gasteiger partial charge on any atom is -0.354 e. The van der Waals surface area contributed by atoms with Crippen LogP contribution in [0.5, 0.6) is 0 Å². The van der Waals surface area contributed by atoms with Gasteiger partial charge in [0.05, 0.1) is 11.9 Å². The molecular formula is C22H27ClFN3O4S. The summed E-state index contributed by atoms with van der Waals surface area (Å²) in [6.07, 6.45) is 1.69. The largest absolute Gasteiger partial charge is 0.354 e. The fraction of sp³-hybridized carbons (Fsp3) is 0.364. The van der Waals surface area contributed by atoms with E-state index >= 15 is 0 Å². The molecule has 0 spiro atoms. The van der Waals surface area contributed by atoms with Crippen molar-refractivity contribution in [3.63, 3.8) is 0 Å². The van der Waals surface area contributed by atoms with Crippen LogP contribution in [0.25, 0.3) is 0 Å². The monoisotopic (exact) mass is 483 g/mol. The molecule has 0 unspecified atom stereocenters. The highest BCUT2D eigenvalue weighted by atomic mass is 35.5. The maximum atomic E-state index is 14.3. The first-order chi connectivity index (χ1) is 15.0. The molecule has 1 atom stereocenters. The van der Waals surface area contributed by atoms with Crippen molar-refractivity contribution >= 4 is 39.1 Å². The van der Waals surface area contributed by atoms with Crippen LogP contribution in [0, 0.1) is 5.82 Å². The van der Waals surface area contributed by atoms with Crippen molar-refractivity contribution in [1.82, 2.24) is 10.2 Å². The normalized spacial score (nSPS) is 12.2. The van der Waals surface area contributed by atoms with Crippen LogP contribution in [-0.2, 0) is 26.2 Å². The molecule has 174 valence electrons. The molecule has 32 heavy (non-hydrogen) atoms. The molecule has 10 heteroatoms. The molecule has 0 aliphatic carbocycles. The first kappa shape index (κ1) is 25.6. The van der Waals surface area contributed by atoms with E-state index in [-0.39, 0.29) is 17.8 Å². The third-order valence-electron chi connectivity index (χ3n) is 4.81. The maximum absolute atomic E-state index is 14.3. The van der Waals surface area contributed by atoms with E-state index < -0.39 is 40.2 Å². The molecule has 0 heterocycles. The number of carbonyl (C=O) groups excluding carboxylic acids is 2. The van der Waals surface area contributed by atoms with Gasteiger partial charge in [-0.15, -0.1) is 0 Å². The molecule has 0 aliphatic heterocycles. The average Bonchev–Trinajstić information content (AvgIpc) is 2.74. The van der Waals surface area contributed by atoms with Gasteiger partial charge in [0, 0.05) is 23.7 Å². The second-order valence-electron chi connectivity index (χ2n) is 7.33. The fourth-order valence-electron chi connectivity index (χ4n) is 3.01. The smallest absolute Gasteiger partial charge is 0.244 e. The summed E-state index contributed by atoms with van der Waals surface area (Å²) in [4.78, 5) is 27.0. The quantitative estimate of drug-likeness (QED) is 0.562. The number of benzene rings is 2. The molecule has 0 fully saturated rings. The van der Waals surface area contributed by atoms with E-state index in [2.05, 4.69) is 5.32 Å². The lowest BCUT2D eigenvalue weighted by molar-refractivity contribution is -0.139. The number of carbonyl (C=O) groups is 2. The number of nitrogens with zero attached hydrogens (tertiary/aromatic N) is 2. The van der Waals surface area contributed by atoms with E-state index in [1.165, 1.54) is 54.3 Å². The van der Waals surface area contributed by atoms with E-state index in [0.29, 0.717) is 18.0 Å². The highest BCUT2D eigenvalue weighted by Crippen LogP contribution is 2.21. The predicted octanol–water partition coefficient (Wildman–Crippen LogP) is 3.19. The Balaban J connectivity index is 2.37. The van der Waals surface area contributed by atoms with Crippen molar-refractivity contribution in [3.05, 3.63) is 64.9 Å². The third kappa shape index (κ3) is 6.93. The molecule has 0 bridgehead atoms. The summed E-state index contributed by atoms with van der Waals surface area (Å²) in [5, 5.41) is 3.13. The Bertz CT molecular complexity index is 1050. The Morgan fingerprint density at radius 2 is 1.75 bits per heavy atom. The molecule has 0 radical (unpaired) electrons. The van der Waals surface area contributed by atoms with Gasteiger partial charge >= 0.3 is 0 Å². The summed E-state index contributed by atoms with van der Waals surface area (Å²) in [5.41, 5.74) is 0.465. The summed E-state index contributed by atoms with van der Waals surface area (Å²) >= 11 is 5.89. The number of amides is 2. The molecule has 0 saturated carbocycles. The number of halogens is 2. The Morgan fingerprint density at radius 1 is 1.12 bits per heavy atom. The SMILES string of the molecule is CCCNC(=O)[C@H](C)N(Cc1ccccc1F)C(=O)CN(c1ccc(Cl)cc1)S(C)(=O)=O. The van der Waals surface area contributed by atoms with E-state index in [9.17, 15) is 22.4 Å². The van der Waals surface area contributed by atoms with Crippen molar-refractivity contribution in [2.45, 2.75) is 32.9 Å². The van der Waals surface area contributed by atoms with Gasteiger partial charge in [0.25, 0.3) is 0 Å². The lowest BCUT2D eigenvalue weighted by Crippen LogP contribution is -2.51. The highest BCUT2D eigenvalue weighted by molar-refractivity contribution is 7.92. The van der Waals surface area contributed by atoms with Gasteiger partial charge < -0.3 is 10.2 Å². The third-order valence-corrected chi connectivity index (χ3v) is 6.20. The minimum atomic E-state index is -3.83. The van der Waals surface area contributed by atoms with Crippen molar-refractivity contribution < 1.29 is 22.4 Å². The molecule has 0 aliphatic rings. The average molecular weight is 484 g/mol. The van der Waals surface area contributed by atoms with Gasteiger partial charge in [-0.05, 0) is 43.7 Å². The van der Waals surface area contributed by atoms with Crippen LogP contribution in [0.15, 0.2) is 48.5 Å². The zero-order valence-corrected chi connectivity index (χ0v) is 19.8. The van der Waals surface area contributed by atoms with Crippen LogP contribution in [-0.4, -0.2) is 50.5 Å². The number of hydrogen-bond donors (Lipinski definition) is 1. The predicted molar refractivity (Wildman–Crippen MR) is 123 cm³/mol. The Labute approximate surface area is 193 Å². The molecule has 1 N–H and O–H groups in total. The summed E-state index contributed by atoms with van der Waals surface area (Å²) in [7, 11) is -3.83. The number of anilines is 1. The fourth-order valence-corrected chi connectivity index (χ4v) is 3.99. The summed E-state index contributed by atoms with van der Waals surface area (Å²) < 4.78 is 40.0. The first-order valence-electron chi connectivity index (χ1n) is 10.1. The van der Waals surface area contributed by atoms with E-state index in [1.807, 2.05) is 6.92 Å². The molecule has 2 aromatic rings. The molecule has 2 amide bonds. The van der Waals surface area contributed by atoms with Crippen LogP contribution in [0.3, 0.4) is 0 Å². The van der Waals surface area contributed by atoms with Gasteiger partial charge in [0.2, 0.25) is 21.8 Å². The lowest BCUT2D eigenvalue weighted by Gasteiger charge is -2.31. The van der Waals surface area contributed by atoms with Crippen molar-refractivity contribution in [2.24, 2.45) is 0 Å². The molecule has 2 aromatic carbocycles. The molecule has 0 aromatic heterocycles. The molecule has 0 saturated heterocycles. The molecule has 7 nitrogen and oxygen atoms in total. The Hall–Kier alpha value is -2.65. The lowest BCUT2D eigenvalue weighted by atomic mass is 10.1. The highest BCUT2D eigenvalue weighted by Gasteiger charge is 2.30. The van der Waals surface area contributed by atoms with E-state index in [4.69, 9.17) is 11.6 Å². The zero-order valence-electron chi connectivity index (χ0n) is 18.2.